The minimum Gasteiger partial charge on any atom is -0.380 e. The molecule has 0 amide bonds. The first-order chi connectivity index (χ1) is 8.56. The van der Waals surface area contributed by atoms with Crippen molar-refractivity contribution in [3.63, 3.8) is 0 Å². The highest BCUT2D eigenvalue weighted by molar-refractivity contribution is 8.14. The van der Waals surface area contributed by atoms with Crippen LogP contribution in [0.3, 0.4) is 0 Å². The van der Waals surface area contributed by atoms with Gasteiger partial charge in [-0.05, 0) is 25.7 Å². The quantitative estimate of drug-likeness (QED) is 0.772. The molecule has 1 unspecified atom stereocenters. The van der Waals surface area contributed by atoms with Gasteiger partial charge >= 0.3 is 0 Å². The zero-order chi connectivity index (χ0) is 13.6. The molecular weight excluding hydrogens is 244 g/mol. The number of hydrogen-bond acceptors (Lipinski definition) is 3. The SMILES string of the molecule is CCOCC(N=C1NC(CC)(CC)CS1)C(C)C. The van der Waals surface area contributed by atoms with Gasteiger partial charge in [-0.25, -0.2) is 0 Å². The molecule has 0 aliphatic carbocycles. The van der Waals surface area contributed by atoms with Gasteiger partial charge in [0.05, 0.1) is 12.6 Å². The van der Waals surface area contributed by atoms with E-state index in [0.29, 0.717) is 5.92 Å². The Morgan fingerprint density at radius 1 is 1.33 bits per heavy atom. The van der Waals surface area contributed by atoms with Crippen LogP contribution in [-0.4, -0.2) is 35.7 Å². The van der Waals surface area contributed by atoms with E-state index in [2.05, 4.69) is 33.0 Å². The number of amidine groups is 1. The Hall–Kier alpha value is -0.220. The van der Waals surface area contributed by atoms with Gasteiger partial charge in [-0.15, -0.1) is 0 Å². The second-order valence-corrected chi connectivity index (χ2v) is 6.27. The smallest absolute Gasteiger partial charge is 0.157 e. The van der Waals surface area contributed by atoms with Crippen molar-refractivity contribution in [2.24, 2.45) is 10.9 Å². The van der Waals surface area contributed by atoms with E-state index in [1.54, 1.807) is 0 Å². The van der Waals surface area contributed by atoms with E-state index in [1.807, 2.05) is 18.7 Å². The van der Waals surface area contributed by atoms with Crippen LogP contribution >= 0.6 is 11.8 Å². The monoisotopic (exact) mass is 272 g/mol. The topological polar surface area (TPSA) is 33.6 Å². The molecule has 0 radical (unpaired) electrons. The minimum absolute atomic E-state index is 0.261. The molecule has 1 heterocycles. The van der Waals surface area contributed by atoms with E-state index in [1.165, 1.54) is 0 Å². The van der Waals surface area contributed by atoms with E-state index in [-0.39, 0.29) is 11.6 Å². The first kappa shape index (κ1) is 15.8. The van der Waals surface area contributed by atoms with Gasteiger partial charge in [0.2, 0.25) is 0 Å². The lowest BCUT2D eigenvalue weighted by molar-refractivity contribution is 0.122. The average molecular weight is 272 g/mol. The van der Waals surface area contributed by atoms with Crippen LogP contribution in [0.5, 0.6) is 0 Å². The van der Waals surface area contributed by atoms with Crippen LogP contribution in [0.25, 0.3) is 0 Å². The van der Waals surface area contributed by atoms with E-state index < -0.39 is 0 Å². The van der Waals surface area contributed by atoms with Gasteiger partial charge < -0.3 is 10.1 Å². The molecule has 1 saturated heterocycles. The number of hydrogen-bond donors (Lipinski definition) is 1. The summed E-state index contributed by atoms with van der Waals surface area (Å²) in [6.07, 6.45) is 2.32. The Kier molecular flexibility index (Phi) is 6.50. The molecule has 1 N–H and O–H groups in total. The van der Waals surface area contributed by atoms with Crippen molar-refractivity contribution in [2.45, 2.75) is 59.0 Å². The molecule has 106 valence electrons. The van der Waals surface area contributed by atoms with E-state index in [9.17, 15) is 0 Å². The van der Waals surface area contributed by atoms with Gasteiger partial charge in [-0.1, -0.05) is 39.5 Å². The molecule has 0 aromatic carbocycles. The third-order valence-electron chi connectivity index (χ3n) is 3.76. The van der Waals surface area contributed by atoms with Gasteiger partial charge in [0.1, 0.15) is 0 Å². The van der Waals surface area contributed by atoms with Crippen molar-refractivity contribution in [3.8, 4) is 0 Å². The third-order valence-corrected chi connectivity index (χ3v) is 4.93. The summed E-state index contributed by atoms with van der Waals surface area (Å²) in [4.78, 5) is 4.85. The van der Waals surface area contributed by atoms with E-state index >= 15 is 0 Å². The molecule has 0 bridgehead atoms. The summed E-state index contributed by atoms with van der Waals surface area (Å²) < 4.78 is 5.53. The maximum Gasteiger partial charge on any atom is 0.157 e. The number of aliphatic imine (C=N–C) groups is 1. The number of nitrogens with one attached hydrogen (secondary N) is 1. The second kappa shape index (κ2) is 7.39. The summed E-state index contributed by atoms with van der Waals surface area (Å²) in [6.45, 7) is 12.4. The van der Waals surface area contributed by atoms with Crippen LogP contribution in [-0.2, 0) is 4.74 Å². The lowest BCUT2D eigenvalue weighted by atomic mass is 9.96. The van der Waals surface area contributed by atoms with Crippen LogP contribution in [0.4, 0.5) is 0 Å². The average Bonchev–Trinajstić information content (AvgIpc) is 2.78. The summed E-state index contributed by atoms with van der Waals surface area (Å²) >= 11 is 1.86. The molecule has 0 saturated carbocycles. The fraction of sp³-hybridized carbons (Fsp3) is 0.929. The Balaban J connectivity index is 2.64. The van der Waals surface area contributed by atoms with Crippen molar-refractivity contribution in [1.82, 2.24) is 5.32 Å². The molecule has 0 aromatic rings. The van der Waals surface area contributed by atoms with Crippen LogP contribution in [0.15, 0.2) is 4.99 Å². The van der Waals surface area contributed by atoms with Gasteiger partial charge in [0.25, 0.3) is 0 Å². The van der Waals surface area contributed by atoms with Crippen LogP contribution in [0, 0.1) is 5.92 Å². The molecule has 18 heavy (non-hydrogen) atoms. The molecule has 0 spiro atoms. The molecular formula is C14H28N2OS. The van der Waals surface area contributed by atoms with Crippen LogP contribution in [0.1, 0.15) is 47.5 Å². The first-order valence-corrected chi connectivity index (χ1v) is 8.12. The van der Waals surface area contributed by atoms with Crippen LogP contribution in [0.2, 0.25) is 0 Å². The number of thioether (sulfide) groups is 1. The van der Waals surface area contributed by atoms with E-state index in [4.69, 9.17) is 9.73 Å². The van der Waals surface area contributed by atoms with Crippen molar-refractivity contribution in [3.05, 3.63) is 0 Å². The highest BCUT2D eigenvalue weighted by Crippen LogP contribution is 2.29. The molecule has 3 nitrogen and oxygen atoms in total. The number of rotatable bonds is 7. The third kappa shape index (κ3) is 4.16. The predicted molar refractivity (Wildman–Crippen MR) is 81.5 cm³/mol. The lowest BCUT2D eigenvalue weighted by Crippen LogP contribution is -2.42. The fourth-order valence-electron chi connectivity index (χ4n) is 1.97. The largest absolute Gasteiger partial charge is 0.380 e. The van der Waals surface area contributed by atoms with Gasteiger partial charge in [0.15, 0.2) is 5.17 Å². The molecule has 0 aromatic heterocycles. The van der Waals surface area contributed by atoms with Gasteiger partial charge in [-0.3, -0.25) is 4.99 Å². The Labute approximate surface area is 116 Å². The minimum atomic E-state index is 0.261. The Morgan fingerprint density at radius 2 is 2.00 bits per heavy atom. The van der Waals surface area contributed by atoms with Crippen molar-refractivity contribution in [2.75, 3.05) is 19.0 Å². The lowest BCUT2D eigenvalue weighted by Gasteiger charge is -2.25. The predicted octanol–water partition coefficient (Wildman–Crippen LogP) is 3.30. The summed E-state index contributed by atoms with van der Waals surface area (Å²) in [7, 11) is 0. The zero-order valence-electron chi connectivity index (χ0n) is 12.5. The molecule has 4 heteroatoms. The standard InChI is InChI=1S/C14H28N2OS/c1-6-14(7-2)10-18-13(16-14)15-12(11(4)5)9-17-8-3/h11-12H,6-10H2,1-5H3,(H,15,16). The highest BCUT2D eigenvalue weighted by Gasteiger charge is 2.34. The normalized spacial score (nSPS) is 22.4. The highest BCUT2D eigenvalue weighted by atomic mass is 32.2. The maximum atomic E-state index is 5.53. The molecule has 1 rings (SSSR count). The number of ether oxygens (including phenoxy) is 1. The maximum absolute atomic E-state index is 5.53. The number of nitrogens with zero attached hydrogens (tertiary/aromatic N) is 1. The second-order valence-electron chi connectivity index (χ2n) is 5.31. The summed E-state index contributed by atoms with van der Waals surface area (Å²) in [5, 5.41) is 4.73. The van der Waals surface area contributed by atoms with Crippen molar-refractivity contribution >= 4 is 16.9 Å². The van der Waals surface area contributed by atoms with Crippen molar-refractivity contribution < 1.29 is 4.74 Å². The first-order valence-electron chi connectivity index (χ1n) is 7.13. The molecule has 1 atom stereocenters. The zero-order valence-corrected chi connectivity index (χ0v) is 13.3. The van der Waals surface area contributed by atoms with E-state index in [0.717, 1.165) is 37.0 Å². The summed E-state index contributed by atoms with van der Waals surface area (Å²) in [5.41, 5.74) is 0.261. The molecule has 1 fully saturated rings. The van der Waals surface area contributed by atoms with Crippen molar-refractivity contribution in [1.29, 1.82) is 0 Å². The van der Waals surface area contributed by atoms with Gasteiger partial charge in [0, 0.05) is 17.9 Å². The molecule has 1 aliphatic rings. The summed E-state index contributed by atoms with van der Waals surface area (Å²) in [6, 6.07) is 0.268. The van der Waals surface area contributed by atoms with Gasteiger partial charge in [-0.2, -0.15) is 0 Å². The fourth-order valence-corrected chi connectivity index (χ4v) is 3.37. The Morgan fingerprint density at radius 3 is 2.44 bits per heavy atom. The molecule has 1 aliphatic heterocycles. The summed E-state index contributed by atoms with van der Waals surface area (Å²) in [5.74, 6) is 1.66. The van der Waals surface area contributed by atoms with Crippen LogP contribution < -0.4 is 5.32 Å². The Bertz CT molecular complexity index is 275.